The molecule has 134 valence electrons. The molecule has 1 atom stereocenters. The van der Waals surface area contributed by atoms with Crippen molar-refractivity contribution < 1.29 is 22.9 Å². The lowest BCUT2D eigenvalue weighted by molar-refractivity contribution is -0.384. The van der Waals surface area contributed by atoms with Crippen LogP contribution in [0.4, 0.5) is 24.5 Å². The number of carbonyl (C=O) groups excluding carboxylic acids is 1. The summed E-state index contributed by atoms with van der Waals surface area (Å²) in [5.74, 6) is -0.406. The minimum atomic E-state index is -4.68. The standard InChI is InChI=1S/C15H20F3N3O3/c1-5-14(3,4)20-13(22)9(2)19-11-7-6-10(15(16,17)18)8-12(11)21(23)24/h6-9,19H,5H2,1-4H3,(H,20,22)/t9-/m0/s1. The molecule has 1 aromatic rings. The van der Waals surface area contributed by atoms with Crippen LogP contribution in [0.15, 0.2) is 18.2 Å². The van der Waals surface area contributed by atoms with Crippen LogP contribution in [0.3, 0.4) is 0 Å². The first-order chi connectivity index (χ1) is 10.9. The van der Waals surface area contributed by atoms with Crippen molar-refractivity contribution in [1.82, 2.24) is 5.32 Å². The molecule has 0 aliphatic carbocycles. The van der Waals surface area contributed by atoms with E-state index in [9.17, 15) is 28.1 Å². The number of nitrogens with zero attached hydrogens (tertiary/aromatic N) is 1. The monoisotopic (exact) mass is 347 g/mol. The lowest BCUT2D eigenvalue weighted by Gasteiger charge is -2.27. The van der Waals surface area contributed by atoms with Gasteiger partial charge in [0.1, 0.15) is 11.7 Å². The fourth-order valence-corrected chi connectivity index (χ4v) is 1.81. The van der Waals surface area contributed by atoms with Gasteiger partial charge >= 0.3 is 6.18 Å². The van der Waals surface area contributed by atoms with Gasteiger partial charge in [-0.3, -0.25) is 14.9 Å². The largest absolute Gasteiger partial charge is 0.416 e. The van der Waals surface area contributed by atoms with Gasteiger partial charge in [0.05, 0.1) is 10.5 Å². The van der Waals surface area contributed by atoms with Crippen molar-refractivity contribution in [3.8, 4) is 0 Å². The summed E-state index contributed by atoms with van der Waals surface area (Å²) in [6, 6.07) is 1.28. The predicted octanol–water partition coefficient (Wildman–Crippen LogP) is 3.72. The molecular formula is C15H20F3N3O3. The van der Waals surface area contributed by atoms with Gasteiger partial charge in [0.25, 0.3) is 5.69 Å². The topological polar surface area (TPSA) is 84.3 Å². The Morgan fingerprint density at radius 2 is 1.92 bits per heavy atom. The molecular weight excluding hydrogens is 327 g/mol. The number of nitro benzene ring substituents is 1. The van der Waals surface area contributed by atoms with Crippen LogP contribution in [0.25, 0.3) is 0 Å². The van der Waals surface area contributed by atoms with Gasteiger partial charge in [-0.05, 0) is 39.3 Å². The van der Waals surface area contributed by atoms with Crippen LogP contribution in [0.5, 0.6) is 0 Å². The second-order valence-electron chi connectivity index (χ2n) is 6.08. The molecule has 0 radical (unpaired) electrons. The number of nitro groups is 1. The molecule has 1 aromatic carbocycles. The average Bonchev–Trinajstić information content (AvgIpc) is 2.45. The summed E-state index contributed by atoms with van der Waals surface area (Å²) in [7, 11) is 0. The number of hydrogen-bond donors (Lipinski definition) is 2. The van der Waals surface area contributed by atoms with E-state index in [1.165, 1.54) is 6.92 Å². The molecule has 0 saturated carbocycles. The Bertz CT molecular complexity index is 630. The number of nitrogens with one attached hydrogen (secondary N) is 2. The van der Waals surface area contributed by atoms with E-state index in [4.69, 9.17) is 0 Å². The zero-order chi connectivity index (χ0) is 18.7. The molecule has 0 fully saturated rings. The maximum atomic E-state index is 12.7. The van der Waals surface area contributed by atoms with Gasteiger partial charge in [-0.2, -0.15) is 13.2 Å². The third kappa shape index (κ3) is 5.10. The van der Waals surface area contributed by atoms with Gasteiger partial charge in [-0.1, -0.05) is 6.92 Å². The molecule has 0 spiro atoms. The molecule has 0 heterocycles. The van der Waals surface area contributed by atoms with Crippen LogP contribution in [-0.2, 0) is 11.0 Å². The van der Waals surface area contributed by atoms with Crippen molar-refractivity contribution in [2.45, 2.75) is 51.9 Å². The Morgan fingerprint density at radius 3 is 2.38 bits per heavy atom. The van der Waals surface area contributed by atoms with Crippen LogP contribution >= 0.6 is 0 Å². The van der Waals surface area contributed by atoms with E-state index in [2.05, 4.69) is 10.6 Å². The number of amides is 1. The molecule has 0 unspecified atom stereocenters. The quantitative estimate of drug-likeness (QED) is 0.607. The van der Waals surface area contributed by atoms with E-state index in [0.717, 1.165) is 12.1 Å². The zero-order valence-corrected chi connectivity index (χ0v) is 13.8. The van der Waals surface area contributed by atoms with Gasteiger partial charge in [0.15, 0.2) is 0 Å². The van der Waals surface area contributed by atoms with Crippen LogP contribution in [0, 0.1) is 10.1 Å². The third-order valence-corrected chi connectivity index (χ3v) is 3.63. The first-order valence-corrected chi connectivity index (χ1v) is 7.31. The van der Waals surface area contributed by atoms with Gasteiger partial charge < -0.3 is 10.6 Å². The second-order valence-corrected chi connectivity index (χ2v) is 6.08. The SMILES string of the molecule is CCC(C)(C)NC(=O)[C@H](C)Nc1ccc(C(F)(F)F)cc1[N+](=O)[O-]. The number of anilines is 1. The van der Waals surface area contributed by atoms with E-state index in [0.29, 0.717) is 12.5 Å². The minimum Gasteiger partial charge on any atom is -0.368 e. The fourth-order valence-electron chi connectivity index (χ4n) is 1.81. The fraction of sp³-hybridized carbons (Fsp3) is 0.533. The highest BCUT2D eigenvalue weighted by atomic mass is 19.4. The van der Waals surface area contributed by atoms with Gasteiger partial charge in [0, 0.05) is 11.6 Å². The molecule has 9 heteroatoms. The highest BCUT2D eigenvalue weighted by Crippen LogP contribution is 2.35. The summed E-state index contributed by atoms with van der Waals surface area (Å²) in [6.07, 6.45) is -4.01. The number of rotatable bonds is 6. The molecule has 2 N–H and O–H groups in total. The Labute approximate surface area is 137 Å². The molecule has 0 aliphatic heterocycles. The van der Waals surface area contributed by atoms with Gasteiger partial charge in [0.2, 0.25) is 5.91 Å². The summed E-state index contributed by atoms with van der Waals surface area (Å²) >= 11 is 0. The van der Waals surface area contributed by atoms with Crippen molar-refractivity contribution in [3.63, 3.8) is 0 Å². The lowest BCUT2D eigenvalue weighted by atomic mass is 10.0. The number of carbonyl (C=O) groups is 1. The third-order valence-electron chi connectivity index (χ3n) is 3.63. The minimum absolute atomic E-state index is 0.148. The van der Waals surface area contributed by atoms with Crippen LogP contribution < -0.4 is 10.6 Å². The predicted molar refractivity (Wildman–Crippen MR) is 83.7 cm³/mol. The normalized spacial score (nSPS) is 13.3. The van der Waals surface area contributed by atoms with Crippen molar-refractivity contribution in [1.29, 1.82) is 0 Å². The van der Waals surface area contributed by atoms with Crippen molar-refractivity contribution in [2.75, 3.05) is 5.32 Å². The molecule has 6 nitrogen and oxygen atoms in total. The average molecular weight is 347 g/mol. The molecule has 0 bridgehead atoms. The van der Waals surface area contributed by atoms with Crippen molar-refractivity contribution in [2.24, 2.45) is 0 Å². The van der Waals surface area contributed by atoms with Crippen molar-refractivity contribution >= 4 is 17.3 Å². The maximum absolute atomic E-state index is 12.7. The number of benzene rings is 1. The first kappa shape index (κ1) is 19.7. The second kappa shape index (κ2) is 7.06. The maximum Gasteiger partial charge on any atom is 0.416 e. The molecule has 1 rings (SSSR count). The van der Waals surface area contributed by atoms with Gasteiger partial charge in [-0.25, -0.2) is 0 Å². The highest BCUT2D eigenvalue weighted by molar-refractivity contribution is 5.85. The summed E-state index contributed by atoms with van der Waals surface area (Å²) in [5.41, 5.74) is -2.47. The summed E-state index contributed by atoms with van der Waals surface area (Å²) in [6.45, 7) is 7.00. The number of hydrogen-bond acceptors (Lipinski definition) is 4. The Balaban J connectivity index is 3.02. The van der Waals surface area contributed by atoms with Crippen LogP contribution in [0.2, 0.25) is 0 Å². The Hall–Kier alpha value is -2.32. The number of alkyl halides is 3. The summed E-state index contributed by atoms with van der Waals surface area (Å²) in [4.78, 5) is 22.2. The highest BCUT2D eigenvalue weighted by Gasteiger charge is 2.33. The molecule has 0 aliphatic rings. The van der Waals surface area contributed by atoms with E-state index in [1.54, 1.807) is 0 Å². The molecule has 1 amide bonds. The van der Waals surface area contributed by atoms with Crippen LogP contribution in [0.1, 0.15) is 39.7 Å². The molecule has 24 heavy (non-hydrogen) atoms. The van der Waals surface area contributed by atoms with Crippen molar-refractivity contribution in [3.05, 3.63) is 33.9 Å². The van der Waals surface area contributed by atoms with E-state index in [-0.39, 0.29) is 5.69 Å². The Kier molecular flexibility index (Phi) is 5.80. The van der Waals surface area contributed by atoms with Gasteiger partial charge in [-0.15, -0.1) is 0 Å². The van der Waals surface area contributed by atoms with E-state index in [1.807, 2.05) is 20.8 Å². The molecule has 0 saturated heterocycles. The Morgan fingerprint density at radius 1 is 1.33 bits per heavy atom. The van der Waals surface area contributed by atoms with Crippen LogP contribution in [-0.4, -0.2) is 22.4 Å². The van der Waals surface area contributed by atoms with E-state index >= 15 is 0 Å². The van der Waals surface area contributed by atoms with E-state index < -0.39 is 39.8 Å². The number of halogens is 3. The zero-order valence-electron chi connectivity index (χ0n) is 13.8. The summed E-state index contributed by atoms with van der Waals surface area (Å²) in [5, 5.41) is 16.4. The smallest absolute Gasteiger partial charge is 0.368 e. The first-order valence-electron chi connectivity index (χ1n) is 7.31. The summed E-state index contributed by atoms with van der Waals surface area (Å²) < 4.78 is 38.0. The lowest BCUT2D eigenvalue weighted by Crippen LogP contribution is -2.48. The molecule has 0 aromatic heterocycles.